The molecule has 8 heteroatoms. The third-order valence-corrected chi connectivity index (χ3v) is 3.89. The molecule has 1 aromatic rings. The maximum absolute atomic E-state index is 11.0. The molecule has 20 heavy (non-hydrogen) atoms. The van der Waals surface area contributed by atoms with Crippen molar-refractivity contribution >= 4 is 29.6 Å². The van der Waals surface area contributed by atoms with Crippen LogP contribution in [-0.4, -0.2) is 41.8 Å². The van der Waals surface area contributed by atoms with Crippen LogP contribution in [0.3, 0.4) is 0 Å². The highest BCUT2D eigenvalue weighted by molar-refractivity contribution is 7.85. The maximum atomic E-state index is 11.0. The predicted molar refractivity (Wildman–Crippen MR) is 78.1 cm³/mol. The Balaban J connectivity index is 2.09. The Bertz CT molecular complexity index is 562. The minimum atomic E-state index is -3.48. The minimum absolute atomic E-state index is 0.0474. The summed E-state index contributed by atoms with van der Waals surface area (Å²) in [5.41, 5.74) is 0.853. The fraction of sp³-hybridized carbons (Fsp3) is 0.500. The number of benzene rings is 1. The molecule has 110 valence electrons. The van der Waals surface area contributed by atoms with Crippen molar-refractivity contribution in [3.8, 4) is 0 Å². The summed E-state index contributed by atoms with van der Waals surface area (Å²) in [6.07, 6.45) is 1.19. The Hall–Kier alpha value is -0.595. The highest BCUT2D eigenvalue weighted by atomic mass is 35.5. The third-order valence-electron chi connectivity index (χ3n) is 3.08. The van der Waals surface area contributed by atoms with Crippen molar-refractivity contribution in [1.82, 2.24) is 0 Å². The number of hydrogen-bond donors (Lipinski definition) is 0. The van der Waals surface area contributed by atoms with E-state index in [1.54, 1.807) is 12.1 Å². The monoisotopic (exact) mass is 318 g/mol. The Morgan fingerprint density at radius 1 is 1.45 bits per heavy atom. The average Bonchev–Trinajstić information content (AvgIpc) is 2.81. The Morgan fingerprint density at radius 2 is 2.10 bits per heavy atom. The van der Waals surface area contributed by atoms with Gasteiger partial charge in [-0.1, -0.05) is 23.7 Å². The smallest absolute Gasteiger partial charge is 0.264 e. The van der Waals surface area contributed by atoms with Gasteiger partial charge in [0.2, 0.25) is 0 Å². The van der Waals surface area contributed by atoms with Gasteiger partial charge >= 0.3 is 0 Å². The summed E-state index contributed by atoms with van der Waals surface area (Å²) in [5.74, 6) is -0.865. The fourth-order valence-corrected chi connectivity index (χ4v) is 2.62. The molecule has 1 aromatic carbocycles. The van der Waals surface area contributed by atoms with Crippen molar-refractivity contribution in [2.24, 2.45) is 0 Å². The van der Waals surface area contributed by atoms with Crippen LogP contribution in [0.15, 0.2) is 24.3 Å². The fourth-order valence-electron chi connectivity index (χ4n) is 2.09. The molecule has 0 saturated carbocycles. The molecule has 0 aromatic heterocycles. The first-order chi connectivity index (χ1) is 9.35. The van der Waals surface area contributed by atoms with Crippen molar-refractivity contribution in [3.05, 3.63) is 34.9 Å². The number of rotatable bonds is 5. The van der Waals surface area contributed by atoms with E-state index in [0.717, 1.165) is 11.8 Å². The second kappa shape index (κ2) is 6.03. The SMILES string of the molecule is BC[C@]1(c2ccc(Cl)cc2)OC[C@@H](COS(C)(=O)=O)O1. The van der Waals surface area contributed by atoms with E-state index in [2.05, 4.69) is 0 Å². The van der Waals surface area contributed by atoms with Gasteiger partial charge in [0.05, 0.1) is 19.5 Å². The standard InChI is InChI=1S/C12H16BClO5S/c1-20(15,16)18-7-11-6-17-12(8-13,19-11)9-2-4-10(14)5-3-9/h2-5,11H,6-8,13H2,1H3/t11-,12-/m0/s1. The van der Waals surface area contributed by atoms with E-state index in [-0.39, 0.29) is 13.2 Å². The zero-order chi connectivity index (χ0) is 14.8. The molecule has 5 nitrogen and oxygen atoms in total. The molecule has 2 atom stereocenters. The molecular weight excluding hydrogens is 302 g/mol. The van der Waals surface area contributed by atoms with Gasteiger partial charge in [-0.15, -0.1) is 0 Å². The normalized spacial score (nSPS) is 26.8. The van der Waals surface area contributed by atoms with Crippen molar-refractivity contribution in [1.29, 1.82) is 0 Å². The highest BCUT2D eigenvalue weighted by Crippen LogP contribution is 2.37. The molecule has 0 bridgehead atoms. The first-order valence-corrected chi connectivity index (χ1v) is 8.46. The summed E-state index contributed by atoms with van der Waals surface area (Å²) >= 11 is 5.87. The molecule has 1 aliphatic rings. The van der Waals surface area contributed by atoms with Crippen LogP contribution in [0.5, 0.6) is 0 Å². The van der Waals surface area contributed by atoms with Gasteiger partial charge in [-0.3, -0.25) is 4.18 Å². The van der Waals surface area contributed by atoms with E-state index >= 15 is 0 Å². The first-order valence-electron chi connectivity index (χ1n) is 6.27. The summed E-state index contributed by atoms with van der Waals surface area (Å²) in [6, 6.07) is 7.21. The van der Waals surface area contributed by atoms with Gasteiger partial charge in [-0.2, -0.15) is 8.42 Å². The average molecular weight is 319 g/mol. The van der Waals surface area contributed by atoms with E-state index in [1.165, 1.54) is 0 Å². The molecule has 1 aliphatic heterocycles. The van der Waals surface area contributed by atoms with Gasteiger partial charge in [0.25, 0.3) is 10.1 Å². The molecular formula is C12H16BClO5S. The largest absolute Gasteiger partial charge is 0.344 e. The molecule has 0 amide bonds. The molecule has 0 radical (unpaired) electrons. The molecule has 0 unspecified atom stereocenters. The number of halogens is 1. The third kappa shape index (κ3) is 3.74. The summed E-state index contributed by atoms with van der Waals surface area (Å²) in [6.45, 7) is 0.236. The van der Waals surface area contributed by atoms with Crippen LogP contribution < -0.4 is 0 Å². The number of ether oxygens (including phenoxy) is 2. The van der Waals surface area contributed by atoms with E-state index in [9.17, 15) is 8.42 Å². The Labute approximate surface area is 124 Å². The van der Waals surface area contributed by atoms with Crippen LogP contribution >= 0.6 is 11.6 Å². The zero-order valence-electron chi connectivity index (χ0n) is 11.3. The highest BCUT2D eigenvalue weighted by Gasteiger charge is 2.41. The summed E-state index contributed by atoms with van der Waals surface area (Å²) in [5, 5.41) is 0.634. The van der Waals surface area contributed by atoms with Crippen LogP contribution in [0.4, 0.5) is 0 Å². The Kier molecular flexibility index (Phi) is 4.76. The van der Waals surface area contributed by atoms with Crippen LogP contribution in [-0.2, 0) is 29.6 Å². The van der Waals surface area contributed by atoms with Gasteiger partial charge in [0.15, 0.2) is 5.79 Å². The first kappa shape index (κ1) is 15.8. The van der Waals surface area contributed by atoms with Gasteiger partial charge in [-0.25, -0.2) is 0 Å². The maximum Gasteiger partial charge on any atom is 0.264 e. The second-order valence-corrected chi connectivity index (χ2v) is 6.73. The summed E-state index contributed by atoms with van der Waals surface area (Å²) < 4.78 is 38.4. The van der Waals surface area contributed by atoms with Crippen molar-refractivity contribution in [2.45, 2.75) is 18.2 Å². The van der Waals surface area contributed by atoms with E-state index in [0.29, 0.717) is 11.3 Å². The quantitative estimate of drug-likeness (QED) is 0.597. The van der Waals surface area contributed by atoms with Crippen LogP contribution in [0, 0.1) is 0 Å². The van der Waals surface area contributed by atoms with Crippen molar-refractivity contribution in [2.75, 3.05) is 19.5 Å². The lowest BCUT2D eigenvalue weighted by Gasteiger charge is -2.27. The molecule has 1 saturated heterocycles. The molecule has 0 aliphatic carbocycles. The van der Waals surface area contributed by atoms with Crippen LogP contribution in [0.2, 0.25) is 11.3 Å². The van der Waals surface area contributed by atoms with E-state index in [1.807, 2.05) is 20.0 Å². The zero-order valence-corrected chi connectivity index (χ0v) is 12.9. The second-order valence-electron chi connectivity index (χ2n) is 4.65. The van der Waals surface area contributed by atoms with Crippen molar-refractivity contribution < 1.29 is 22.1 Å². The predicted octanol–water partition coefficient (Wildman–Crippen LogP) is 0.936. The van der Waals surface area contributed by atoms with Crippen molar-refractivity contribution in [3.63, 3.8) is 0 Å². The lowest BCUT2D eigenvalue weighted by atomic mass is 9.90. The van der Waals surface area contributed by atoms with E-state index in [4.69, 9.17) is 25.3 Å². The van der Waals surface area contributed by atoms with Crippen LogP contribution in [0.25, 0.3) is 0 Å². The Morgan fingerprint density at radius 3 is 2.65 bits per heavy atom. The lowest BCUT2D eigenvalue weighted by Crippen LogP contribution is -2.29. The summed E-state index contributed by atoms with van der Waals surface area (Å²) in [4.78, 5) is 0. The van der Waals surface area contributed by atoms with Gasteiger partial charge < -0.3 is 9.47 Å². The topological polar surface area (TPSA) is 61.8 Å². The molecule has 1 fully saturated rings. The van der Waals surface area contributed by atoms with Gasteiger partial charge in [0.1, 0.15) is 14.0 Å². The number of hydrogen-bond acceptors (Lipinski definition) is 5. The lowest BCUT2D eigenvalue weighted by molar-refractivity contribution is -0.163. The van der Waals surface area contributed by atoms with Crippen LogP contribution in [0.1, 0.15) is 5.56 Å². The minimum Gasteiger partial charge on any atom is -0.344 e. The van der Waals surface area contributed by atoms with Gasteiger partial charge in [-0.05, 0) is 18.5 Å². The molecule has 1 heterocycles. The summed E-state index contributed by atoms with van der Waals surface area (Å²) in [7, 11) is -1.54. The molecule has 0 N–H and O–H groups in total. The molecule has 2 rings (SSSR count). The molecule has 0 spiro atoms. The van der Waals surface area contributed by atoms with Gasteiger partial charge in [0, 0.05) is 10.6 Å². The van der Waals surface area contributed by atoms with E-state index < -0.39 is 22.0 Å².